The Kier molecular flexibility index (Phi) is 6.10. The zero-order valence-electron chi connectivity index (χ0n) is 14.1. The molecule has 1 aliphatic rings. The number of urea groups is 1. The fourth-order valence-electron chi connectivity index (χ4n) is 3.06. The molecule has 1 saturated carbocycles. The van der Waals surface area contributed by atoms with Gasteiger partial charge in [0.15, 0.2) is 0 Å². The molecule has 1 N–H and O–H groups in total. The second kappa shape index (κ2) is 8.06. The van der Waals surface area contributed by atoms with E-state index in [2.05, 4.69) is 34.5 Å². The van der Waals surface area contributed by atoms with Gasteiger partial charge in [-0.1, -0.05) is 37.8 Å². The van der Waals surface area contributed by atoms with Crippen LogP contribution < -0.4 is 10.2 Å². The average Bonchev–Trinajstić information content (AvgIpc) is 3.01. The molecule has 0 bridgehead atoms. The molecular formula is C18H29N3O. The molecule has 2 rings (SSSR count). The summed E-state index contributed by atoms with van der Waals surface area (Å²) >= 11 is 0. The van der Waals surface area contributed by atoms with E-state index in [4.69, 9.17) is 0 Å². The van der Waals surface area contributed by atoms with Crippen molar-refractivity contribution in [1.29, 1.82) is 0 Å². The Bertz CT molecular complexity index is 464. The molecule has 22 heavy (non-hydrogen) atoms. The van der Waals surface area contributed by atoms with Gasteiger partial charge in [-0.15, -0.1) is 0 Å². The molecule has 1 aliphatic carbocycles. The summed E-state index contributed by atoms with van der Waals surface area (Å²) in [5, 5.41) is 3.04. The Balaban J connectivity index is 1.73. The standard InChI is InChI=1S/C18H29N3O/c1-20(2)17-10-8-16(9-11-17)14-21(3)18(22)19-13-12-15-6-4-5-7-15/h8-11,15H,4-7,12-14H2,1-3H3,(H,19,22). The zero-order valence-corrected chi connectivity index (χ0v) is 14.1. The first-order chi connectivity index (χ1) is 10.6. The Morgan fingerprint density at radius 1 is 1.14 bits per heavy atom. The molecule has 0 heterocycles. The fraction of sp³-hybridized carbons (Fsp3) is 0.611. The smallest absolute Gasteiger partial charge is 0.317 e. The van der Waals surface area contributed by atoms with Gasteiger partial charge in [0, 0.05) is 39.9 Å². The lowest BCUT2D eigenvalue weighted by Crippen LogP contribution is -2.37. The fourth-order valence-corrected chi connectivity index (χ4v) is 3.06. The van der Waals surface area contributed by atoms with E-state index < -0.39 is 0 Å². The number of carbonyl (C=O) groups excluding carboxylic acids is 1. The predicted molar refractivity (Wildman–Crippen MR) is 92.2 cm³/mol. The average molecular weight is 303 g/mol. The maximum Gasteiger partial charge on any atom is 0.317 e. The molecular weight excluding hydrogens is 274 g/mol. The van der Waals surface area contributed by atoms with Crippen molar-refractivity contribution in [1.82, 2.24) is 10.2 Å². The molecule has 0 atom stereocenters. The zero-order chi connectivity index (χ0) is 15.9. The van der Waals surface area contributed by atoms with E-state index in [-0.39, 0.29) is 6.03 Å². The van der Waals surface area contributed by atoms with Crippen LogP contribution >= 0.6 is 0 Å². The number of hydrogen-bond donors (Lipinski definition) is 1. The third-order valence-electron chi connectivity index (χ3n) is 4.52. The topological polar surface area (TPSA) is 35.6 Å². The van der Waals surface area contributed by atoms with Gasteiger partial charge in [-0.05, 0) is 30.0 Å². The highest BCUT2D eigenvalue weighted by molar-refractivity contribution is 5.73. The molecule has 4 heteroatoms. The lowest BCUT2D eigenvalue weighted by atomic mass is 10.0. The van der Waals surface area contributed by atoms with Crippen LogP contribution in [0.1, 0.15) is 37.7 Å². The monoisotopic (exact) mass is 303 g/mol. The van der Waals surface area contributed by atoms with Crippen molar-refractivity contribution in [2.75, 3.05) is 32.6 Å². The van der Waals surface area contributed by atoms with Crippen LogP contribution in [0, 0.1) is 5.92 Å². The van der Waals surface area contributed by atoms with Gasteiger partial charge in [0.25, 0.3) is 0 Å². The minimum atomic E-state index is 0.0229. The summed E-state index contributed by atoms with van der Waals surface area (Å²) in [5.74, 6) is 0.823. The largest absolute Gasteiger partial charge is 0.378 e. The van der Waals surface area contributed by atoms with Crippen molar-refractivity contribution in [3.05, 3.63) is 29.8 Å². The van der Waals surface area contributed by atoms with Crippen molar-refractivity contribution < 1.29 is 4.79 Å². The molecule has 1 aromatic carbocycles. The van der Waals surface area contributed by atoms with Gasteiger partial charge >= 0.3 is 6.03 Å². The van der Waals surface area contributed by atoms with Crippen LogP contribution in [0.2, 0.25) is 0 Å². The molecule has 122 valence electrons. The van der Waals surface area contributed by atoms with Gasteiger partial charge in [0.05, 0.1) is 0 Å². The van der Waals surface area contributed by atoms with Crippen molar-refractivity contribution in [2.24, 2.45) is 5.92 Å². The van der Waals surface area contributed by atoms with Crippen LogP contribution in [-0.4, -0.2) is 38.6 Å². The van der Waals surface area contributed by atoms with E-state index in [1.165, 1.54) is 31.4 Å². The summed E-state index contributed by atoms with van der Waals surface area (Å²) in [7, 11) is 5.91. The van der Waals surface area contributed by atoms with Crippen molar-refractivity contribution in [2.45, 2.75) is 38.6 Å². The molecule has 4 nitrogen and oxygen atoms in total. The molecule has 0 saturated heterocycles. The number of anilines is 1. The van der Waals surface area contributed by atoms with Gasteiger partial charge in [0.2, 0.25) is 0 Å². The molecule has 0 spiro atoms. The van der Waals surface area contributed by atoms with Gasteiger partial charge < -0.3 is 15.1 Å². The number of carbonyl (C=O) groups is 1. The Morgan fingerprint density at radius 2 is 1.77 bits per heavy atom. The second-order valence-corrected chi connectivity index (χ2v) is 6.59. The van der Waals surface area contributed by atoms with Crippen LogP contribution in [0.4, 0.5) is 10.5 Å². The van der Waals surface area contributed by atoms with E-state index >= 15 is 0 Å². The minimum Gasteiger partial charge on any atom is -0.378 e. The van der Waals surface area contributed by atoms with E-state index in [0.29, 0.717) is 6.54 Å². The van der Waals surface area contributed by atoms with Crippen LogP contribution in [0.15, 0.2) is 24.3 Å². The van der Waals surface area contributed by atoms with Crippen LogP contribution in [-0.2, 0) is 6.54 Å². The third-order valence-corrected chi connectivity index (χ3v) is 4.52. The van der Waals surface area contributed by atoms with E-state index in [1.54, 1.807) is 4.90 Å². The van der Waals surface area contributed by atoms with Crippen molar-refractivity contribution >= 4 is 11.7 Å². The molecule has 0 unspecified atom stereocenters. The number of amides is 2. The maximum atomic E-state index is 12.1. The van der Waals surface area contributed by atoms with Gasteiger partial charge in [-0.3, -0.25) is 0 Å². The van der Waals surface area contributed by atoms with Crippen molar-refractivity contribution in [3.63, 3.8) is 0 Å². The lowest BCUT2D eigenvalue weighted by molar-refractivity contribution is 0.206. The Hall–Kier alpha value is -1.71. The van der Waals surface area contributed by atoms with Crippen LogP contribution in [0.5, 0.6) is 0 Å². The number of hydrogen-bond acceptors (Lipinski definition) is 2. The van der Waals surface area contributed by atoms with E-state index in [1.807, 2.05) is 21.1 Å². The normalized spacial score (nSPS) is 14.9. The Labute approximate surface area is 134 Å². The quantitative estimate of drug-likeness (QED) is 0.873. The number of nitrogens with zero attached hydrogens (tertiary/aromatic N) is 2. The molecule has 1 fully saturated rings. The summed E-state index contributed by atoms with van der Waals surface area (Å²) in [6.45, 7) is 1.44. The number of nitrogens with one attached hydrogen (secondary N) is 1. The number of rotatable bonds is 6. The summed E-state index contributed by atoms with van der Waals surface area (Å²) in [6.07, 6.45) is 6.52. The SMILES string of the molecule is CN(Cc1ccc(N(C)C)cc1)C(=O)NCCC1CCCC1. The highest BCUT2D eigenvalue weighted by atomic mass is 16.2. The molecule has 0 radical (unpaired) electrons. The van der Waals surface area contributed by atoms with Crippen molar-refractivity contribution in [3.8, 4) is 0 Å². The highest BCUT2D eigenvalue weighted by Gasteiger charge is 2.15. The first-order valence-corrected chi connectivity index (χ1v) is 8.31. The minimum absolute atomic E-state index is 0.0229. The van der Waals surface area contributed by atoms with Gasteiger partial charge in [-0.25, -0.2) is 4.79 Å². The first kappa shape index (κ1) is 16.7. The summed E-state index contributed by atoms with van der Waals surface area (Å²) in [6, 6.07) is 8.35. The molecule has 0 aromatic heterocycles. The van der Waals surface area contributed by atoms with Gasteiger partial charge in [0.1, 0.15) is 0 Å². The first-order valence-electron chi connectivity index (χ1n) is 8.31. The summed E-state index contributed by atoms with van der Waals surface area (Å²) in [4.78, 5) is 15.9. The molecule has 1 aromatic rings. The second-order valence-electron chi connectivity index (χ2n) is 6.59. The highest BCUT2D eigenvalue weighted by Crippen LogP contribution is 2.26. The molecule has 0 aliphatic heterocycles. The molecule has 2 amide bonds. The van der Waals surface area contributed by atoms with Gasteiger partial charge in [-0.2, -0.15) is 0 Å². The van der Waals surface area contributed by atoms with E-state index in [0.717, 1.165) is 24.4 Å². The lowest BCUT2D eigenvalue weighted by Gasteiger charge is -2.19. The van der Waals surface area contributed by atoms with Crippen LogP contribution in [0.25, 0.3) is 0 Å². The Morgan fingerprint density at radius 3 is 2.36 bits per heavy atom. The summed E-state index contributed by atoms with van der Waals surface area (Å²) in [5.41, 5.74) is 2.33. The van der Waals surface area contributed by atoms with E-state index in [9.17, 15) is 4.79 Å². The maximum absolute atomic E-state index is 12.1. The van der Waals surface area contributed by atoms with Crippen LogP contribution in [0.3, 0.4) is 0 Å². The summed E-state index contributed by atoms with van der Waals surface area (Å²) < 4.78 is 0. The third kappa shape index (κ3) is 4.93. The number of benzene rings is 1. The predicted octanol–water partition coefficient (Wildman–Crippen LogP) is 3.47.